The molecule has 0 saturated heterocycles. The van der Waals surface area contributed by atoms with E-state index in [1.54, 1.807) is 24.3 Å². The number of carbonyl (C=O) groups is 1. The fraction of sp³-hybridized carbons (Fsp3) is 0.0556. The molecule has 0 unspecified atom stereocenters. The Bertz CT molecular complexity index is 1050. The summed E-state index contributed by atoms with van der Waals surface area (Å²) in [7, 11) is 0. The second-order valence-corrected chi connectivity index (χ2v) is 7.23. The van der Waals surface area contributed by atoms with Crippen LogP contribution >= 0.6 is 39.1 Å². The fourth-order valence-corrected chi connectivity index (χ4v) is 3.12. The predicted octanol–water partition coefficient (Wildman–Crippen LogP) is 6.09. The Hall–Kier alpha value is -2.55. The van der Waals surface area contributed by atoms with E-state index in [9.17, 15) is 14.9 Å². The lowest BCUT2D eigenvalue weighted by atomic mass is 10.2. The molecule has 1 heterocycles. The monoisotopic (exact) mass is 484 g/mol. The van der Waals surface area contributed by atoms with Crippen molar-refractivity contribution in [1.29, 1.82) is 0 Å². The number of nitrogens with zero attached hydrogens (tertiary/aromatic N) is 1. The quantitative estimate of drug-likeness (QED) is 0.336. The highest BCUT2D eigenvalue weighted by atomic mass is 79.9. The zero-order valence-corrected chi connectivity index (χ0v) is 17.0. The molecule has 1 aromatic heterocycles. The van der Waals surface area contributed by atoms with E-state index in [0.29, 0.717) is 16.5 Å². The lowest BCUT2D eigenvalue weighted by Crippen LogP contribution is -2.11. The fourth-order valence-electron chi connectivity index (χ4n) is 2.23. The molecule has 1 N–H and O–H groups in total. The zero-order valence-electron chi connectivity index (χ0n) is 13.9. The van der Waals surface area contributed by atoms with Crippen LogP contribution in [0, 0.1) is 10.1 Å². The third kappa shape index (κ3) is 4.83. The first-order chi connectivity index (χ1) is 13.3. The molecule has 3 rings (SSSR count). The Balaban J connectivity index is 1.67. The number of rotatable bonds is 6. The largest absolute Gasteiger partial charge is 0.484 e. The van der Waals surface area contributed by atoms with Gasteiger partial charge in [-0.2, -0.15) is 0 Å². The van der Waals surface area contributed by atoms with E-state index in [1.807, 2.05) is 0 Å². The van der Waals surface area contributed by atoms with Crippen molar-refractivity contribution in [3.63, 3.8) is 0 Å². The van der Waals surface area contributed by atoms with Crippen molar-refractivity contribution in [2.45, 2.75) is 6.61 Å². The molecular weight excluding hydrogens is 475 g/mol. The van der Waals surface area contributed by atoms with E-state index in [0.717, 1.165) is 4.47 Å². The molecule has 0 fully saturated rings. The van der Waals surface area contributed by atoms with Crippen molar-refractivity contribution in [1.82, 2.24) is 0 Å². The minimum atomic E-state index is -0.602. The topological polar surface area (TPSA) is 94.6 Å². The summed E-state index contributed by atoms with van der Waals surface area (Å²) in [6.45, 7) is 0.0617. The van der Waals surface area contributed by atoms with Crippen LogP contribution in [0.4, 0.5) is 11.4 Å². The van der Waals surface area contributed by atoms with Gasteiger partial charge in [0.05, 0.1) is 20.7 Å². The van der Waals surface area contributed by atoms with Gasteiger partial charge in [-0.15, -0.1) is 0 Å². The SMILES string of the molecule is O=C(Nc1cc([N+](=O)[O-])ccc1Cl)c1ccc(COc2ccc(Br)cc2Cl)o1. The molecule has 28 heavy (non-hydrogen) atoms. The molecule has 0 spiro atoms. The number of amides is 1. The van der Waals surface area contributed by atoms with Gasteiger partial charge in [-0.3, -0.25) is 14.9 Å². The number of ether oxygens (including phenoxy) is 1. The van der Waals surface area contributed by atoms with Crippen LogP contribution in [0.15, 0.2) is 57.4 Å². The first-order valence-corrected chi connectivity index (χ1v) is 9.30. The molecule has 0 atom stereocenters. The lowest BCUT2D eigenvalue weighted by Gasteiger charge is -2.07. The molecule has 1 amide bonds. The zero-order chi connectivity index (χ0) is 20.3. The normalized spacial score (nSPS) is 10.5. The van der Waals surface area contributed by atoms with Crippen molar-refractivity contribution in [3.8, 4) is 5.75 Å². The maximum atomic E-state index is 12.3. The van der Waals surface area contributed by atoms with Crippen molar-refractivity contribution in [2.75, 3.05) is 5.32 Å². The number of carbonyl (C=O) groups excluding carboxylic acids is 1. The van der Waals surface area contributed by atoms with E-state index in [4.69, 9.17) is 32.4 Å². The van der Waals surface area contributed by atoms with E-state index < -0.39 is 10.8 Å². The van der Waals surface area contributed by atoms with E-state index in [-0.39, 0.29) is 28.8 Å². The Morgan fingerprint density at radius 2 is 1.93 bits per heavy atom. The number of hydrogen-bond acceptors (Lipinski definition) is 5. The van der Waals surface area contributed by atoms with Gasteiger partial charge < -0.3 is 14.5 Å². The number of hydrogen-bond donors (Lipinski definition) is 1. The van der Waals surface area contributed by atoms with Crippen molar-refractivity contribution >= 4 is 56.4 Å². The highest BCUT2D eigenvalue weighted by molar-refractivity contribution is 9.10. The number of nitro groups is 1. The Kier molecular flexibility index (Phi) is 6.23. The van der Waals surface area contributed by atoms with Crippen LogP contribution in [-0.4, -0.2) is 10.8 Å². The summed E-state index contributed by atoms with van der Waals surface area (Å²) in [5, 5.41) is 13.9. The van der Waals surface area contributed by atoms with Crippen molar-refractivity contribution < 1.29 is 18.9 Å². The first kappa shape index (κ1) is 20.2. The number of nitro benzene ring substituents is 1. The molecule has 3 aromatic rings. The van der Waals surface area contributed by atoms with E-state index in [2.05, 4.69) is 21.2 Å². The average molecular weight is 486 g/mol. The molecule has 0 aliphatic heterocycles. The highest BCUT2D eigenvalue weighted by Gasteiger charge is 2.16. The van der Waals surface area contributed by atoms with E-state index >= 15 is 0 Å². The summed E-state index contributed by atoms with van der Waals surface area (Å²) in [6, 6.07) is 12.0. The van der Waals surface area contributed by atoms with Gasteiger partial charge in [-0.05, 0) is 36.4 Å². The Labute approximate surface area is 177 Å². The van der Waals surface area contributed by atoms with Crippen LogP contribution in [0.2, 0.25) is 10.0 Å². The van der Waals surface area contributed by atoms with Crippen molar-refractivity contribution in [3.05, 3.63) is 84.7 Å². The Morgan fingerprint density at radius 3 is 2.64 bits per heavy atom. The van der Waals surface area contributed by atoms with Crippen molar-refractivity contribution in [2.24, 2.45) is 0 Å². The number of benzene rings is 2. The maximum Gasteiger partial charge on any atom is 0.291 e. The van der Waals surface area contributed by atoms with Crippen LogP contribution in [0.25, 0.3) is 0 Å². The smallest absolute Gasteiger partial charge is 0.291 e. The average Bonchev–Trinajstić information content (AvgIpc) is 3.12. The van der Waals surface area contributed by atoms with Gasteiger partial charge in [-0.25, -0.2) is 0 Å². The molecule has 2 aromatic carbocycles. The molecule has 0 bridgehead atoms. The second-order valence-electron chi connectivity index (χ2n) is 5.50. The summed E-state index contributed by atoms with van der Waals surface area (Å²) in [5.41, 5.74) is -0.0867. The highest BCUT2D eigenvalue weighted by Crippen LogP contribution is 2.29. The summed E-state index contributed by atoms with van der Waals surface area (Å²) in [6.07, 6.45) is 0. The summed E-state index contributed by atoms with van der Waals surface area (Å²) in [5.74, 6) is 0.267. The summed E-state index contributed by atoms with van der Waals surface area (Å²) in [4.78, 5) is 22.6. The van der Waals surface area contributed by atoms with Gasteiger partial charge >= 0.3 is 0 Å². The van der Waals surface area contributed by atoms with E-state index in [1.165, 1.54) is 24.3 Å². The maximum absolute atomic E-state index is 12.3. The number of nitrogens with one attached hydrogen (secondary N) is 1. The third-order valence-corrected chi connectivity index (χ3v) is 4.68. The van der Waals surface area contributed by atoms with Crippen LogP contribution in [0.1, 0.15) is 16.3 Å². The van der Waals surface area contributed by atoms with Gasteiger partial charge in [0.15, 0.2) is 5.76 Å². The number of non-ortho nitro benzene ring substituents is 1. The van der Waals surface area contributed by atoms with Crippen LogP contribution in [-0.2, 0) is 6.61 Å². The molecule has 0 aliphatic carbocycles. The second kappa shape index (κ2) is 8.64. The Morgan fingerprint density at radius 1 is 1.14 bits per heavy atom. The predicted molar refractivity (Wildman–Crippen MR) is 108 cm³/mol. The van der Waals surface area contributed by atoms with Gasteiger partial charge in [0.1, 0.15) is 18.1 Å². The molecular formula is C18H11BrCl2N2O5. The molecule has 0 aliphatic rings. The minimum Gasteiger partial charge on any atom is -0.484 e. The minimum absolute atomic E-state index is 0.00285. The molecule has 0 radical (unpaired) electrons. The van der Waals surface area contributed by atoms with Gasteiger partial charge in [0.2, 0.25) is 0 Å². The van der Waals surface area contributed by atoms with Crippen LogP contribution in [0.3, 0.4) is 0 Å². The molecule has 144 valence electrons. The molecule has 10 heteroatoms. The van der Waals surface area contributed by atoms with Gasteiger partial charge in [-0.1, -0.05) is 39.1 Å². The summed E-state index contributed by atoms with van der Waals surface area (Å²) >= 11 is 15.4. The molecule has 0 saturated carbocycles. The van der Waals surface area contributed by atoms with Crippen LogP contribution < -0.4 is 10.1 Å². The standard InChI is InChI=1S/C18H11BrCl2N2O5/c19-10-1-5-16(14(21)7-10)27-9-12-3-6-17(28-12)18(24)22-15-8-11(23(25)26)2-4-13(15)20/h1-8H,9H2,(H,22,24). The number of furan rings is 1. The molecule has 7 nitrogen and oxygen atoms in total. The van der Waals surface area contributed by atoms with Crippen LogP contribution in [0.5, 0.6) is 5.75 Å². The van der Waals surface area contributed by atoms with Gasteiger partial charge in [0.25, 0.3) is 11.6 Å². The lowest BCUT2D eigenvalue weighted by molar-refractivity contribution is -0.384. The number of anilines is 1. The van der Waals surface area contributed by atoms with Gasteiger partial charge in [0, 0.05) is 16.6 Å². The first-order valence-electron chi connectivity index (χ1n) is 7.75. The third-order valence-electron chi connectivity index (χ3n) is 3.56. The summed E-state index contributed by atoms with van der Waals surface area (Å²) < 4.78 is 11.9. The number of halogens is 3.